The van der Waals surface area contributed by atoms with E-state index in [1.165, 1.54) is 0 Å². The first-order valence-electron chi connectivity index (χ1n) is 6.18. The Kier molecular flexibility index (Phi) is 3.39. The van der Waals surface area contributed by atoms with Crippen LogP contribution in [-0.2, 0) is 6.54 Å². The van der Waals surface area contributed by atoms with Crippen LogP contribution in [0.25, 0.3) is 10.9 Å². The molecule has 5 heteroatoms. The predicted molar refractivity (Wildman–Crippen MR) is 78.7 cm³/mol. The summed E-state index contributed by atoms with van der Waals surface area (Å²) in [6, 6.07) is 11.1. The highest BCUT2D eigenvalue weighted by molar-refractivity contribution is 6.35. The van der Waals surface area contributed by atoms with Crippen LogP contribution in [0.2, 0.25) is 5.02 Å². The van der Waals surface area contributed by atoms with Crippen LogP contribution in [0, 0.1) is 0 Å². The molecule has 2 N–H and O–H groups in total. The molecule has 0 atom stereocenters. The summed E-state index contributed by atoms with van der Waals surface area (Å²) in [6.45, 7) is 0.463. The van der Waals surface area contributed by atoms with Gasteiger partial charge in [-0.25, -0.2) is 0 Å². The summed E-state index contributed by atoms with van der Waals surface area (Å²) < 4.78 is 0. The van der Waals surface area contributed by atoms with E-state index in [0.29, 0.717) is 17.3 Å². The lowest BCUT2D eigenvalue weighted by atomic mass is 10.2. The summed E-state index contributed by atoms with van der Waals surface area (Å²) in [4.78, 5) is 19.1. The number of aromatic amines is 1. The Morgan fingerprint density at radius 2 is 2.05 bits per heavy atom. The minimum absolute atomic E-state index is 0.158. The summed E-state index contributed by atoms with van der Waals surface area (Å²) in [5.74, 6) is -0.158. The number of hydrogen-bond acceptors (Lipinski definition) is 2. The van der Waals surface area contributed by atoms with Gasteiger partial charge < -0.3 is 10.3 Å². The number of pyridine rings is 1. The summed E-state index contributed by atoms with van der Waals surface area (Å²) in [5.41, 5.74) is 2.29. The molecule has 2 heterocycles. The van der Waals surface area contributed by atoms with Crippen LogP contribution < -0.4 is 5.32 Å². The number of benzene rings is 1. The molecule has 0 unspecified atom stereocenters. The molecule has 0 saturated carbocycles. The van der Waals surface area contributed by atoms with Gasteiger partial charge in [0.25, 0.3) is 5.91 Å². The summed E-state index contributed by atoms with van der Waals surface area (Å²) >= 11 is 6.08. The Labute approximate surface area is 120 Å². The molecule has 0 bridgehead atoms. The third-order valence-electron chi connectivity index (χ3n) is 3.05. The van der Waals surface area contributed by atoms with Gasteiger partial charge in [0, 0.05) is 24.3 Å². The van der Waals surface area contributed by atoms with Crippen molar-refractivity contribution in [3.8, 4) is 0 Å². The van der Waals surface area contributed by atoms with Gasteiger partial charge in [-0.05, 0) is 29.8 Å². The van der Waals surface area contributed by atoms with E-state index in [4.69, 9.17) is 11.6 Å². The molecule has 0 fully saturated rings. The highest BCUT2D eigenvalue weighted by Gasteiger charge is 2.10. The van der Waals surface area contributed by atoms with Crippen molar-refractivity contribution in [2.75, 3.05) is 0 Å². The lowest BCUT2D eigenvalue weighted by Gasteiger charge is -2.03. The van der Waals surface area contributed by atoms with Crippen LogP contribution in [0.5, 0.6) is 0 Å². The van der Waals surface area contributed by atoms with Crippen molar-refractivity contribution in [3.05, 3.63) is 65.1 Å². The third kappa shape index (κ3) is 2.51. The molecule has 2 aromatic heterocycles. The van der Waals surface area contributed by atoms with Gasteiger partial charge >= 0.3 is 0 Å². The summed E-state index contributed by atoms with van der Waals surface area (Å²) in [7, 11) is 0. The SMILES string of the molecule is O=C(NCc1ccncc1)c1cc2cccc(Cl)c2[nH]1. The molecule has 4 nitrogen and oxygen atoms in total. The van der Waals surface area contributed by atoms with Crippen molar-refractivity contribution in [2.45, 2.75) is 6.54 Å². The fourth-order valence-corrected chi connectivity index (χ4v) is 2.25. The molecule has 0 aliphatic heterocycles. The fourth-order valence-electron chi connectivity index (χ4n) is 2.02. The van der Waals surface area contributed by atoms with Crippen LogP contribution in [0.3, 0.4) is 0 Å². The molecular weight excluding hydrogens is 274 g/mol. The van der Waals surface area contributed by atoms with Crippen molar-refractivity contribution < 1.29 is 4.79 Å². The van der Waals surface area contributed by atoms with E-state index in [1.807, 2.05) is 24.3 Å². The average Bonchev–Trinajstić information content (AvgIpc) is 2.91. The summed E-state index contributed by atoms with van der Waals surface area (Å²) in [5, 5.41) is 4.38. The van der Waals surface area contributed by atoms with E-state index < -0.39 is 0 Å². The van der Waals surface area contributed by atoms with Crippen molar-refractivity contribution in [2.24, 2.45) is 0 Å². The van der Waals surface area contributed by atoms with Crippen LogP contribution in [0.1, 0.15) is 16.1 Å². The number of para-hydroxylation sites is 1. The van der Waals surface area contributed by atoms with E-state index in [0.717, 1.165) is 16.5 Å². The Morgan fingerprint density at radius 1 is 1.25 bits per heavy atom. The minimum Gasteiger partial charge on any atom is -0.349 e. The van der Waals surface area contributed by atoms with Crippen molar-refractivity contribution in [1.29, 1.82) is 0 Å². The number of rotatable bonds is 3. The second kappa shape index (κ2) is 5.35. The molecule has 20 heavy (non-hydrogen) atoms. The number of H-pyrrole nitrogens is 1. The van der Waals surface area contributed by atoms with Gasteiger partial charge in [-0.1, -0.05) is 23.7 Å². The molecule has 0 aliphatic carbocycles. The monoisotopic (exact) mass is 285 g/mol. The van der Waals surface area contributed by atoms with E-state index in [-0.39, 0.29) is 5.91 Å². The van der Waals surface area contributed by atoms with E-state index in [2.05, 4.69) is 15.3 Å². The number of hydrogen-bond donors (Lipinski definition) is 2. The Morgan fingerprint density at radius 3 is 2.80 bits per heavy atom. The van der Waals surface area contributed by atoms with Gasteiger partial charge in [-0.15, -0.1) is 0 Å². The van der Waals surface area contributed by atoms with E-state index in [9.17, 15) is 4.79 Å². The molecule has 1 aromatic carbocycles. The smallest absolute Gasteiger partial charge is 0.267 e. The van der Waals surface area contributed by atoms with Gasteiger partial charge in [0.15, 0.2) is 0 Å². The number of nitrogens with one attached hydrogen (secondary N) is 2. The second-order valence-corrected chi connectivity index (χ2v) is 4.83. The zero-order valence-electron chi connectivity index (χ0n) is 10.6. The normalized spacial score (nSPS) is 10.7. The van der Waals surface area contributed by atoms with Gasteiger partial charge in [-0.2, -0.15) is 0 Å². The largest absolute Gasteiger partial charge is 0.349 e. The summed E-state index contributed by atoms with van der Waals surface area (Å²) in [6.07, 6.45) is 3.40. The van der Waals surface area contributed by atoms with Gasteiger partial charge in [0.2, 0.25) is 0 Å². The first-order valence-corrected chi connectivity index (χ1v) is 6.56. The molecule has 3 aromatic rings. The number of fused-ring (bicyclic) bond motifs is 1. The lowest BCUT2D eigenvalue weighted by molar-refractivity contribution is 0.0947. The van der Waals surface area contributed by atoms with Crippen molar-refractivity contribution >= 4 is 28.4 Å². The maximum absolute atomic E-state index is 12.1. The predicted octanol–water partition coefficient (Wildman–Crippen LogP) is 3.15. The third-order valence-corrected chi connectivity index (χ3v) is 3.37. The van der Waals surface area contributed by atoms with E-state index >= 15 is 0 Å². The first-order chi connectivity index (χ1) is 9.74. The minimum atomic E-state index is -0.158. The maximum atomic E-state index is 12.1. The Balaban J connectivity index is 1.77. The lowest BCUT2D eigenvalue weighted by Crippen LogP contribution is -2.23. The van der Waals surface area contributed by atoms with Crippen LogP contribution >= 0.6 is 11.6 Å². The fraction of sp³-hybridized carbons (Fsp3) is 0.0667. The van der Waals surface area contributed by atoms with Gasteiger partial charge in [0.1, 0.15) is 5.69 Å². The topological polar surface area (TPSA) is 57.8 Å². The Hall–Kier alpha value is -2.33. The first kappa shape index (κ1) is 12.7. The molecule has 100 valence electrons. The number of nitrogens with zero attached hydrogens (tertiary/aromatic N) is 1. The van der Waals surface area contributed by atoms with Crippen molar-refractivity contribution in [3.63, 3.8) is 0 Å². The Bertz CT molecular complexity index is 752. The molecule has 0 radical (unpaired) electrons. The number of aromatic nitrogens is 2. The molecule has 3 rings (SSSR count). The molecule has 0 spiro atoms. The van der Waals surface area contributed by atoms with E-state index in [1.54, 1.807) is 24.5 Å². The maximum Gasteiger partial charge on any atom is 0.267 e. The zero-order chi connectivity index (χ0) is 13.9. The van der Waals surface area contributed by atoms with Crippen LogP contribution in [0.4, 0.5) is 0 Å². The quantitative estimate of drug-likeness (QED) is 0.777. The zero-order valence-corrected chi connectivity index (χ0v) is 11.3. The standard InChI is InChI=1S/C15H12ClN3O/c16-12-3-1-2-11-8-13(19-14(11)12)15(20)18-9-10-4-6-17-7-5-10/h1-8,19H,9H2,(H,18,20). The van der Waals surface area contributed by atoms with Gasteiger partial charge in [-0.3, -0.25) is 9.78 Å². The molecule has 0 aliphatic rings. The molecular formula is C15H12ClN3O. The van der Waals surface area contributed by atoms with Gasteiger partial charge in [0.05, 0.1) is 10.5 Å². The highest BCUT2D eigenvalue weighted by atomic mass is 35.5. The molecule has 0 saturated heterocycles. The number of halogens is 1. The number of carbonyl (C=O) groups is 1. The number of amides is 1. The number of carbonyl (C=O) groups excluding carboxylic acids is 1. The second-order valence-electron chi connectivity index (χ2n) is 4.43. The van der Waals surface area contributed by atoms with Crippen LogP contribution in [-0.4, -0.2) is 15.9 Å². The molecule has 1 amide bonds. The van der Waals surface area contributed by atoms with Crippen LogP contribution in [0.15, 0.2) is 48.8 Å². The average molecular weight is 286 g/mol. The highest BCUT2D eigenvalue weighted by Crippen LogP contribution is 2.23. The van der Waals surface area contributed by atoms with Crippen molar-refractivity contribution in [1.82, 2.24) is 15.3 Å².